The average Bonchev–Trinajstić information content (AvgIpc) is 2.99. The fourth-order valence-electron chi connectivity index (χ4n) is 3.01. The molecule has 0 unspecified atom stereocenters. The van der Waals surface area contributed by atoms with Gasteiger partial charge in [0.15, 0.2) is 0 Å². The largest absolute Gasteiger partial charge is 0.375 e. The first kappa shape index (κ1) is 17.2. The van der Waals surface area contributed by atoms with Crippen molar-refractivity contribution in [3.05, 3.63) is 59.9 Å². The monoisotopic (exact) mass is 337 g/mol. The number of carbonyl (C=O) groups is 1. The van der Waals surface area contributed by atoms with Crippen molar-refractivity contribution >= 4 is 22.6 Å². The van der Waals surface area contributed by atoms with Gasteiger partial charge in [0.2, 0.25) is 5.91 Å². The third kappa shape index (κ3) is 4.06. The first-order valence-electron chi connectivity index (χ1n) is 8.53. The summed E-state index contributed by atoms with van der Waals surface area (Å²) in [5.41, 5.74) is 4.25. The summed E-state index contributed by atoms with van der Waals surface area (Å²) in [4.78, 5) is 16.3. The van der Waals surface area contributed by atoms with Gasteiger partial charge in [0.05, 0.1) is 11.0 Å². The highest BCUT2D eigenvalue weighted by atomic mass is 16.5. The minimum absolute atomic E-state index is 0.0645. The molecule has 25 heavy (non-hydrogen) atoms. The molecule has 0 spiro atoms. The fourth-order valence-corrected chi connectivity index (χ4v) is 3.01. The summed E-state index contributed by atoms with van der Waals surface area (Å²) in [5, 5.41) is 2.80. The van der Waals surface area contributed by atoms with Crippen LogP contribution in [0.1, 0.15) is 18.3 Å². The van der Waals surface area contributed by atoms with Gasteiger partial charge in [-0.1, -0.05) is 24.3 Å². The number of nitrogens with one attached hydrogen (secondary N) is 1. The quantitative estimate of drug-likeness (QED) is 0.719. The van der Waals surface area contributed by atoms with E-state index in [0.29, 0.717) is 0 Å². The molecular weight excluding hydrogens is 314 g/mol. The molecule has 0 saturated heterocycles. The lowest BCUT2D eigenvalue weighted by Crippen LogP contribution is -2.16. The molecule has 0 radical (unpaired) electrons. The number of aromatic nitrogens is 2. The summed E-state index contributed by atoms with van der Waals surface area (Å²) in [5.74, 6) is 0.966. The molecule has 0 atom stereocenters. The van der Waals surface area contributed by atoms with Crippen LogP contribution in [0.25, 0.3) is 11.0 Å². The Kier molecular flexibility index (Phi) is 5.46. The van der Waals surface area contributed by atoms with Gasteiger partial charge < -0.3 is 14.6 Å². The molecule has 3 rings (SSSR count). The molecule has 0 saturated carbocycles. The maximum Gasteiger partial charge on any atom is 0.250 e. The number of nitrogens with zero attached hydrogens (tertiary/aromatic N) is 2. The lowest BCUT2D eigenvalue weighted by Gasteiger charge is -2.08. The molecule has 1 heterocycles. The molecular formula is C20H23N3O2. The molecule has 130 valence electrons. The van der Waals surface area contributed by atoms with E-state index >= 15 is 0 Å². The Balaban J connectivity index is 1.67. The van der Waals surface area contributed by atoms with Gasteiger partial charge in [-0.2, -0.15) is 0 Å². The van der Waals surface area contributed by atoms with E-state index in [0.717, 1.165) is 36.4 Å². The normalized spacial score (nSPS) is 11.0. The van der Waals surface area contributed by atoms with Crippen molar-refractivity contribution < 1.29 is 9.53 Å². The lowest BCUT2D eigenvalue weighted by molar-refractivity contribution is -0.119. The Morgan fingerprint density at radius 3 is 2.60 bits per heavy atom. The second-order valence-corrected chi connectivity index (χ2v) is 5.94. The molecule has 0 aliphatic rings. The Hall–Kier alpha value is -2.66. The van der Waals surface area contributed by atoms with Crippen molar-refractivity contribution in [3.63, 3.8) is 0 Å². The van der Waals surface area contributed by atoms with E-state index < -0.39 is 0 Å². The highest BCUT2D eigenvalue weighted by Gasteiger charge is 2.09. The van der Waals surface area contributed by atoms with Crippen LogP contribution in [-0.2, 0) is 28.9 Å². The van der Waals surface area contributed by atoms with Gasteiger partial charge in [0.25, 0.3) is 0 Å². The Bertz CT molecular complexity index is 853. The second-order valence-electron chi connectivity index (χ2n) is 5.94. The summed E-state index contributed by atoms with van der Waals surface area (Å²) in [6.45, 7) is 3.13. The third-order valence-electron chi connectivity index (χ3n) is 4.20. The highest BCUT2D eigenvalue weighted by Crippen LogP contribution is 2.18. The van der Waals surface area contributed by atoms with Gasteiger partial charge in [0.1, 0.15) is 12.4 Å². The summed E-state index contributed by atoms with van der Waals surface area (Å²) < 4.78 is 7.09. The number of imidazole rings is 1. The number of aryl methyl sites for hydroxylation is 3. The zero-order chi connectivity index (χ0) is 17.6. The molecule has 0 bridgehead atoms. The van der Waals surface area contributed by atoms with Crippen molar-refractivity contribution in [3.8, 4) is 0 Å². The number of fused-ring (bicyclic) bond motifs is 1. The molecule has 0 aliphatic carbocycles. The van der Waals surface area contributed by atoms with Crippen molar-refractivity contribution in [2.24, 2.45) is 0 Å². The molecule has 5 heteroatoms. The summed E-state index contributed by atoms with van der Waals surface area (Å²) >= 11 is 0. The minimum Gasteiger partial charge on any atom is -0.375 e. The van der Waals surface area contributed by atoms with Crippen LogP contribution >= 0.6 is 0 Å². The molecule has 1 N–H and O–H groups in total. The molecule has 1 amide bonds. The van der Waals surface area contributed by atoms with Crippen LogP contribution in [0.2, 0.25) is 0 Å². The Morgan fingerprint density at radius 1 is 1.12 bits per heavy atom. The lowest BCUT2D eigenvalue weighted by atomic mass is 10.1. The summed E-state index contributed by atoms with van der Waals surface area (Å²) in [6.07, 6.45) is 1.80. The number of rotatable bonds is 7. The highest BCUT2D eigenvalue weighted by molar-refractivity contribution is 5.91. The SMILES string of the molecule is CCn1c(CCc2ccc(NC(=O)COC)cc2)nc2ccccc21. The van der Waals surface area contributed by atoms with Gasteiger partial charge >= 0.3 is 0 Å². The van der Waals surface area contributed by atoms with Crippen LogP contribution in [0.3, 0.4) is 0 Å². The van der Waals surface area contributed by atoms with Crippen molar-refractivity contribution in [2.75, 3.05) is 19.0 Å². The third-order valence-corrected chi connectivity index (χ3v) is 4.20. The Labute approximate surface area is 147 Å². The summed E-state index contributed by atoms with van der Waals surface area (Å²) in [7, 11) is 1.51. The maximum atomic E-state index is 11.5. The van der Waals surface area contributed by atoms with Crippen molar-refractivity contribution in [2.45, 2.75) is 26.3 Å². The van der Waals surface area contributed by atoms with Gasteiger partial charge in [-0.25, -0.2) is 4.98 Å². The molecule has 5 nitrogen and oxygen atoms in total. The first-order valence-corrected chi connectivity index (χ1v) is 8.53. The number of carbonyl (C=O) groups excluding carboxylic acids is 1. The van der Waals surface area contributed by atoms with Gasteiger partial charge in [-0.05, 0) is 43.2 Å². The van der Waals surface area contributed by atoms with Crippen LogP contribution in [0.5, 0.6) is 0 Å². The van der Waals surface area contributed by atoms with E-state index in [1.807, 2.05) is 30.3 Å². The van der Waals surface area contributed by atoms with Crippen LogP contribution in [-0.4, -0.2) is 29.2 Å². The molecule has 0 fully saturated rings. The van der Waals surface area contributed by atoms with E-state index in [1.165, 1.54) is 18.2 Å². The smallest absolute Gasteiger partial charge is 0.250 e. The number of benzene rings is 2. The van der Waals surface area contributed by atoms with Gasteiger partial charge in [-0.3, -0.25) is 4.79 Å². The van der Waals surface area contributed by atoms with E-state index in [4.69, 9.17) is 9.72 Å². The molecule has 0 aliphatic heterocycles. The van der Waals surface area contributed by atoms with Crippen molar-refractivity contribution in [1.29, 1.82) is 0 Å². The molecule has 3 aromatic rings. The van der Waals surface area contributed by atoms with E-state index in [9.17, 15) is 4.79 Å². The maximum absolute atomic E-state index is 11.5. The number of methoxy groups -OCH3 is 1. The van der Waals surface area contributed by atoms with Crippen LogP contribution in [0, 0.1) is 0 Å². The Morgan fingerprint density at radius 2 is 1.88 bits per heavy atom. The number of hydrogen-bond donors (Lipinski definition) is 1. The van der Waals surface area contributed by atoms with Gasteiger partial charge in [-0.15, -0.1) is 0 Å². The van der Waals surface area contributed by atoms with Crippen LogP contribution in [0.15, 0.2) is 48.5 Å². The molecule has 2 aromatic carbocycles. The second kappa shape index (κ2) is 7.94. The zero-order valence-corrected chi connectivity index (χ0v) is 14.7. The predicted molar refractivity (Wildman–Crippen MR) is 99.8 cm³/mol. The van der Waals surface area contributed by atoms with Crippen molar-refractivity contribution in [1.82, 2.24) is 9.55 Å². The predicted octanol–water partition coefficient (Wildman–Crippen LogP) is 3.43. The number of ether oxygens (including phenoxy) is 1. The number of hydrogen-bond acceptors (Lipinski definition) is 3. The van der Waals surface area contributed by atoms with Crippen LogP contribution < -0.4 is 5.32 Å². The summed E-state index contributed by atoms with van der Waals surface area (Å²) in [6, 6.07) is 16.2. The topological polar surface area (TPSA) is 56.2 Å². The zero-order valence-electron chi connectivity index (χ0n) is 14.7. The molecule has 1 aromatic heterocycles. The van der Waals surface area contributed by atoms with Gasteiger partial charge in [0, 0.05) is 25.8 Å². The first-order chi connectivity index (χ1) is 12.2. The van der Waals surface area contributed by atoms with E-state index in [-0.39, 0.29) is 12.5 Å². The van der Waals surface area contributed by atoms with E-state index in [1.54, 1.807) is 0 Å². The van der Waals surface area contributed by atoms with E-state index in [2.05, 4.69) is 35.0 Å². The standard InChI is InChI=1S/C20H23N3O2/c1-3-23-18-7-5-4-6-17(18)22-19(23)13-10-15-8-11-16(12-9-15)21-20(24)14-25-2/h4-9,11-12H,3,10,13-14H2,1-2H3,(H,21,24). The number of anilines is 1. The van der Waals surface area contributed by atoms with Crippen LogP contribution in [0.4, 0.5) is 5.69 Å². The minimum atomic E-state index is -0.146. The number of para-hydroxylation sites is 2. The average molecular weight is 337 g/mol. The fraction of sp³-hybridized carbons (Fsp3) is 0.300. The number of amides is 1.